The molecule has 3 aromatic heterocycles. The molecule has 0 amide bonds. The monoisotopic (exact) mass is 551 g/mol. The molecule has 0 aliphatic carbocycles. The Bertz CT molecular complexity index is 2570. The topological polar surface area (TPSA) is 31.3 Å². The van der Waals surface area contributed by atoms with Crippen molar-refractivity contribution < 1.29 is 0 Å². The highest BCUT2D eigenvalue weighted by Gasteiger charge is 2.22. The van der Waals surface area contributed by atoms with E-state index >= 15 is 0 Å². The van der Waals surface area contributed by atoms with Crippen LogP contribution >= 0.6 is 0 Å². The first-order valence-electron chi connectivity index (χ1n) is 14.5. The lowest BCUT2D eigenvalue weighted by Gasteiger charge is -2.15. The van der Waals surface area contributed by atoms with Crippen LogP contribution in [-0.2, 0) is 0 Å². The maximum absolute atomic E-state index is 14.6. The zero-order valence-electron chi connectivity index (χ0n) is 23.2. The summed E-state index contributed by atoms with van der Waals surface area (Å²) in [6, 6.07) is 52.1. The van der Waals surface area contributed by atoms with Gasteiger partial charge in [0.15, 0.2) is 0 Å². The van der Waals surface area contributed by atoms with E-state index in [2.05, 4.69) is 124 Å². The van der Waals surface area contributed by atoms with E-state index in [0.717, 1.165) is 66.4 Å². The summed E-state index contributed by atoms with van der Waals surface area (Å²) >= 11 is 0. The summed E-state index contributed by atoms with van der Waals surface area (Å²) in [7, 11) is 0. The fourth-order valence-corrected chi connectivity index (χ4v) is 6.83. The molecule has 3 heterocycles. The predicted molar refractivity (Wildman–Crippen MR) is 178 cm³/mol. The van der Waals surface area contributed by atoms with Crippen LogP contribution in [0.1, 0.15) is 0 Å². The van der Waals surface area contributed by atoms with Crippen LogP contribution in [0.25, 0.3) is 71.8 Å². The highest BCUT2D eigenvalue weighted by atomic mass is 16.1. The fraction of sp³-hybridized carbons (Fsp3) is 0. The number of benzene rings is 6. The van der Waals surface area contributed by atoms with Crippen molar-refractivity contribution in [3.8, 4) is 22.5 Å². The predicted octanol–water partition coefficient (Wildman–Crippen LogP) is 9.16. The van der Waals surface area contributed by atoms with Crippen LogP contribution < -0.4 is 5.56 Å². The third-order valence-electron chi connectivity index (χ3n) is 8.63. The largest absolute Gasteiger partial charge is 0.309 e. The van der Waals surface area contributed by atoms with Gasteiger partial charge in [0.25, 0.3) is 5.56 Å². The summed E-state index contributed by atoms with van der Waals surface area (Å²) in [5, 5.41) is 4.05. The van der Waals surface area contributed by atoms with Crippen LogP contribution in [0.5, 0.6) is 0 Å². The first kappa shape index (κ1) is 23.8. The lowest BCUT2D eigenvalue weighted by molar-refractivity contribution is 1.01. The van der Waals surface area contributed by atoms with Gasteiger partial charge in [0.05, 0.1) is 33.1 Å². The first-order valence-corrected chi connectivity index (χ1v) is 14.5. The molecule has 6 aromatic carbocycles. The summed E-state index contributed by atoms with van der Waals surface area (Å²) < 4.78 is 6.47. The summed E-state index contributed by atoms with van der Waals surface area (Å²) in [5.74, 6) is 0. The number of para-hydroxylation sites is 4. The van der Waals surface area contributed by atoms with Crippen LogP contribution in [0.2, 0.25) is 0 Å². The second kappa shape index (κ2) is 9.07. The van der Waals surface area contributed by atoms with Gasteiger partial charge in [-0.25, -0.2) is 0 Å². The molecule has 43 heavy (non-hydrogen) atoms. The Morgan fingerprint density at radius 2 is 0.953 bits per heavy atom. The number of fused-ring (bicyclic) bond motifs is 8. The Hall–Kier alpha value is -5.87. The number of hydrogen-bond acceptors (Lipinski definition) is 1. The SMILES string of the molecule is O=c1c2ccccc2n2c3ccccc3c(-c3ccccc3)c2n1-c1ccc2c(c1)c1ccccc1n2-c1ccccc1. The van der Waals surface area contributed by atoms with Crippen molar-refractivity contribution in [1.29, 1.82) is 0 Å². The quantitative estimate of drug-likeness (QED) is 0.215. The minimum absolute atomic E-state index is 0.0331. The Kier molecular flexibility index (Phi) is 5.02. The van der Waals surface area contributed by atoms with E-state index in [4.69, 9.17) is 0 Å². The number of hydrogen-bond donors (Lipinski definition) is 0. The molecule has 0 saturated carbocycles. The van der Waals surface area contributed by atoms with Crippen LogP contribution in [0.3, 0.4) is 0 Å². The summed E-state index contributed by atoms with van der Waals surface area (Å²) in [6.07, 6.45) is 0. The molecule has 202 valence electrons. The van der Waals surface area contributed by atoms with Gasteiger partial charge in [-0.1, -0.05) is 97.1 Å². The third kappa shape index (κ3) is 3.35. The minimum atomic E-state index is -0.0331. The molecule has 0 bridgehead atoms. The normalized spacial score (nSPS) is 11.8. The average Bonchev–Trinajstić information content (AvgIpc) is 3.59. The molecule has 9 aromatic rings. The van der Waals surface area contributed by atoms with Crippen LogP contribution in [0.4, 0.5) is 0 Å². The Balaban J connectivity index is 1.47. The van der Waals surface area contributed by atoms with E-state index in [9.17, 15) is 4.79 Å². The van der Waals surface area contributed by atoms with Crippen molar-refractivity contribution in [3.63, 3.8) is 0 Å². The Labute approximate surface area is 246 Å². The molecule has 0 saturated heterocycles. The Morgan fingerprint density at radius 3 is 1.70 bits per heavy atom. The van der Waals surface area contributed by atoms with Crippen LogP contribution in [0.15, 0.2) is 156 Å². The second-order valence-electron chi connectivity index (χ2n) is 11.0. The number of aromatic nitrogens is 3. The van der Waals surface area contributed by atoms with Crippen molar-refractivity contribution in [2.24, 2.45) is 0 Å². The van der Waals surface area contributed by atoms with Crippen LogP contribution in [0, 0.1) is 0 Å². The molecular weight excluding hydrogens is 526 g/mol. The van der Waals surface area contributed by atoms with Crippen LogP contribution in [-0.4, -0.2) is 13.5 Å². The van der Waals surface area contributed by atoms with Gasteiger partial charge in [-0.05, 0) is 60.2 Å². The van der Waals surface area contributed by atoms with Gasteiger partial charge in [0.1, 0.15) is 5.65 Å². The molecule has 0 atom stereocenters. The second-order valence-corrected chi connectivity index (χ2v) is 11.0. The molecule has 9 rings (SSSR count). The third-order valence-corrected chi connectivity index (χ3v) is 8.63. The molecule has 4 heteroatoms. The van der Waals surface area contributed by atoms with Crippen molar-refractivity contribution in [2.45, 2.75) is 0 Å². The number of rotatable bonds is 3. The molecule has 0 spiro atoms. The lowest BCUT2D eigenvalue weighted by atomic mass is 10.0. The number of nitrogens with zero attached hydrogens (tertiary/aromatic N) is 3. The van der Waals surface area contributed by atoms with E-state index in [1.165, 1.54) is 0 Å². The van der Waals surface area contributed by atoms with Gasteiger partial charge in [-0.15, -0.1) is 0 Å². The van der Waals surface area contributed by atoms with E-state index < -0.39 is 0 Å². The maximum atomic E-state index is 14.6. The van der Waals surface area contributed by atoms with Gasteiger partial charge in [0, 0.05) is 27.4 Å². The maximum Gasteiger partial charge on any atom is 0.266 e. The van der Waals surface area contributed by atoms with Gasteiger partial charge >= 0.3 is 0 Å². The Morgan fingerprint density at radius 1 is 0.395 bits per heavy atom. The highest BCUT2D eigenvalue weighted by Crippen LogP contribution is 2.39. The van der Waals surface area contributed by atoms with Gasteiger partial charge < -0.3 is 4.57 Å². The standard InChI is InChI=1S/C39H25N3O/c43-39-31-19-9-12-22-35(31)42-34-21-11-8-18-30(34)37(26-13-3-1-4-14-26)38(42)41(39)28-23-24-36-32(25-28)29-17-7-10-20-33(29)40(36)27-15-5-2-6-16-27/h1-25H. The van der Waals surface area contributed by atoms with Crippen molar-refractivity contribution >= 4 is 49.3 Å². The molecular formula is C39H25N3O. The summed E-state index contributed by atoms with van der Waals surface area (Å²) in [6.45, 7) is 0. The summed E-state index contributed by atoms with van der Waals surface area (Å²) in [4.78, 5) is 14.6. The van der Waals surface area contributed by atoms with Gasteiger partial charge in [-0.3, -0.25) is 13.8 Å². The molecule has 0 radical (unpaired) electrons. The molecule has 0 aliphatic heterocycles. The zero-order chi connectivity index (χ0) is 28.5. The lowest BCUT2D eigenvalue weighted by Crippen LogP contribution is -2.21. The molecule has 0 unspecified atom stereocenters. The van der Waals surface area contributed by atoms with Crippen molar-refractivity contribution in [1.82, 2.24) is 13.5 Å². The minimum Gasteiger partial charge on any atom is -0.309 e. The molecule has 0 fully saturated rings. The molecule has 0 N–H and O–H groups in total. The summed E-state index contributed by atoms with van der Waals surface area (Å²) in [5.41, 5.74) is 9.11. The highest BCUT2D eigenvalue weighted by molar-refractivity contribution is 6.11. The van der Waals surface area contributed by atoms with Gasteiger partial charge in [0.2, 0.25) is 0 Å². The average molecular weight is 552 g/mol. The van der Waals surface area contributed by atoms with Crippen molar-refractivity contribution in [2.75, 3.05) is 0 Å². The fourth-order valence-electron chi connectivity index (χ4n) is 6.83. The van der Waals surface area contributed by atoms with E-state index in [0.29, 0.717) is 5.39 Å². The van der Waals surface area contributed by atoms with E-state index in [-0.39, 0.29) is 5.56 Å². The first-order chi connectivity index (χ1) is 21.3. The zero-order valence-corrected chi connectivity index (χ0v) is 23.2. The molecule has 0 aliphatic rings. The smallest absolute Gasteiger partial charge is 0.266 e. The molecule has 4 nitrogen and oxygen atoms in total. The van der Waals surface area contributed by atoms with E-state index in [1.54, 1.807) is 0 Å². The van der Waals surface area contributed by atoms with Gasteiger partial charge in [-0.2, -0.15) is 0 Å². The van der Waals surface area contributed by atoms with E-state index in [1.807, 2.05) is 41.0 Å². The van der Waals surface area contributed by atoms with Crippen molar-refractivity contribution in [3.05, 3.63) is 162 Å².